The van der Waals surface area contributed by atoms with Crippen LogP contribution in [0.25, 0.3) is 0 Å². The quantitative estimate of drug-likeness (QED) is 0.456. The third-order valence-electron chi connectivity index (χ3n) is 2.02. The second-order valence-corrected chi connectivity index (χ2v) is 4.43. The van der Waals surface area contributed by atoms with Gasteiger partial charge in [-0.3, -0.25) is 0 Å². The van der Waals surface area contributed by atoms with E-state index in [1.807, 2.05) is 18.7 Å². The molecular weight excluding hydrogens is 235 g/mol. The van der Waals surface area contributed by atoms with Gasteiger partial charge in [-0.15, -0.1) is 4.91 Å². The third-order valence-corrected chi connectivity index (χ3v) is 2.44. The molecule has 0 aliphatic heterocycles. The fourth-order valence-electron chi connectivity index (χ4n) is 1.38. The average molecular weight is 247 g/mol. The number of nitroso groups, excluding NO2 is 1. The number of hydrogen-bond acceptors (Lipinski definition) is 3. The first-order chi connectivity index (χ1) is 7.06. The van der Waals surface area contributed by atoms with E-state index in [0.29, 0.717) is 5.69 Å². The molecule has 0 saturated carbocycles. The van der Waals surface area contributed by atoms with Crippen LogP contribution in [-0.4, -0.2) is 11.0 Å². The maximum Gasteiger partial charge on any atom is 0.108 e. The Labute approximate surface area is 99.0 Å². The highest BCUT2D eigenvalue weighted by molar-refractivity contribution is 6.25. The van der Waals surface area contributed by atoms with Crippen LogP contribution in [0.2, 0.25) is 0 Å². The summed E-state index contributed by atoms with van der Waals surface area (Å²) in [6, 6.07) is 6.81. The van der Waals surface area contributed by atoms with Gasteiger partial charge in [-0.2, -0.15) is 0 Å². The monoisotopic (exact) mass is 246 g/mol. The standard InChI is InChI=1S/C10H12Cl2N2O/c1-7(11)14(8(2)12)10-5-3-9(13-15)4-6-10/h3-8H,1-2H3. The van der Waals surface area contributed by atoms with Crippen molar-refractivity contribution in [1.29, 1.82) is 0 Å². The highest BCUT2D eigenvalue weighted by Crippen LogP contribution is 2.25. The zero-order chi connectivity index (χ0) is 11.4. The molecule has 0 radical (unpaired) electrons. The summed E-state index contributed by atoms with van der Waals surface area (Å²) in [7, 11) is 0. The largest absolute Gasteiger partial charge is 0.339 e. The highest BCUT2D eigenvalue weighted by Gasteiger charge is 2.16. The second-order valence-electron chi connectivity index (χ2n) is 3.16. The van der Waals surface area contributed by atoms with Crippen molar-refractivity contribution < 1.29 is 0 Å². The van der Waals surface area contributed by atoms with Gasteiger partial charge in [-0.25, -0.2) is 0 Å². The van der Waals surface area contributed by atoms with Crippen LogP contribution in [0.1, 0.15) is 13.8 Å². The van der Waals surface area contributed by atoms with E-state index >= 15 is 0 Å². The van der Waals surface area contributed by atoms with Gasteiger partial charge in [0.05, 0.1) is 0 Å². The van der Waals surface area contributed by atoms with Crippen molar-refractivity contribution >= 4 is 34.6 Å². The molecule has 0 spiro atoms. The Kier molecular flexibility index (Phi) is 4.36. The molecular formula is C10H12Cl2N2O. The van der Waals surface area contributed by atoms with Gasteiger partial charge in [-0.1, -0.05) is 23.2 Å². The minimum Gasteiger partial charge on any atom is -0.339 e. The zero-order valence-electron chi connectivity index (χ0n) is 8.52. The Balaban J connectivity index is 2.96. The van der Waals surface area contributed by atoms with Crippen LogP contribution in [0.3, 0.4) is 0 Å². The molecule has 1 aromatic carbocycles. The van der Waals surface area contributed by atoms with Gasteiger partial charge in [0.1, 0.15) is 16.7 Å². The Morgan fingerprint density at radius 1 is 1.13 bits per heavy atom. The summed E-state index contributed by atoms with van der Waals surface area (Å²) in [6.45, 7) is 3.68. The van der Waals surface area contributed by atoms with Crippen molar-refractivity contribution in [2.75, 3.05) is 4.90 Å². The Bertz CT molecular complexity index is 317. The zero-order valence-corrected chi connectivity index (χ0v) is 10.0. The predicted octanol–water partition coefficient (Wildman–Crippen LogP) is 4.06. The maximum absolute atomic E-state index is 10.2. The summed E-state index contributed by atoms with van der Waals surface area (Å²) in [4.78, 5) is 12.1. The molecule has 0 aliphatic rings. The van der Waals surface area contributed by atoms with E-state index in [1.165, 1.54) is 0 Å². The number of halogens is 2. The molecule has 15 heavy (non-hydrogen) atoms. The number of alkyl halides is 2. The lowest BCUT2D eigenvalue weighted by Gasteiger charge is -2.29. The van der Waals surface area contributed by atoms with Gasteiger partial charge in [0.25, 0.3) is 0 Å². The summed E-state index contributed by atoms with van der Waals surface area (Å²) in [6.07, 6.45) is 0. The minimum absolute atomic E-state index is 0.215. The summed E-state index contributed by atoms with van der Waals surface area (Å²) in [5.41, 5.74) is 0.829. The normalized spacial score (nSPS) is 14.4. The number of benzene rings is 1. The molecule has 0 aromatic heterocycles. The van der Waals surface area contributed by atoms with Crippen LogP contribution in [0.15, 0.2) is 29.4 Å². The Morgan fingerprint density at radius 3 is 1.93 bits per heavy atom. The molecule has 5 heteroatoms. The smallest absolute Gasteiger partial charge is 0.108 e. The Hall–Kier alpha value is -0.800. The SMILES string of the molecule is CC(Cl)N(c1ccc(N=O)cc1)C(C)Cl. The fraction of sp³-hybridized carbons (Fsp3) is 0.400. The lowest BCUT2D eigenvalue weighted by atomic mass is 10.2. The minimum atomic E-state index is -0.215. The Morgan fingerprint density at radius 2 is 1.60 bits per heavy atom. The summed E-state index contributed by atoms with van der Waals surface area (Å²) in [5, 5.41) is 2.83. The third kappa shape index (κ3) is 3.08. The second kappa shape index (κ2) is 5.33. The number of nitrogens with zero attached hydrogens (tertiary/aromatic N) is 2. The van der Waals surface area contributed by atoms with E-state index < -0.39 is 0 Å². The van der Waals surface area contributed by atoms with Crippen molar-refractivity contribution in [2.24, 2.45) is 5.18 Å². The first-order valence-electron chi connectivity index (χ1n) is 4.56. The van der Waals surface area contributed by atoms with Crippen LogP contribution in [0.5, 0.6) is 0 Å². The van der Waals surface area contributed by atoms with Crippen molar-refractivity contribution in [3.05, 3.63) is 29.2 Å². The molecule has 0 bridgehead atoms. The van der Waals surface area contributed by atoms with E-state index in [-0.39, 0.29) is 11.0 Å². The molecule has 82 valence electrons. The van der Waals surface area contributed by atoms with Crippen molar-refractivity contribution in [3.63, 3.8) is 0 Å². The lowest BCUT2D eigenvalue weighted by Crippen LogP contribution is -2.33. The van der Waals surface area contributed by atoms with Gasteiger partial charge < -0.3 is 4.90 Å². The molecule has 0 aliphatic carbocycles. The molecule has 0 heterocycles. The highest BCUT2D eigenvalue weighted by atomic mass is 35.5. The molecule has 2 unspecified atom stereocenters. The van der Waals surface area contributed by atoms with E-state index in [4.69, 9.17) is 23.2 Å². The van der Waals surface area contributed by atoms with Crippen molar-refractivity contribution in [1.82, 2.24) is 0 Å². The van der Waals surface area contributed by atoms with Gasteiger partial charge in [0, 0.05) is 5.69 Å². The number of anilines is 1. The first kappa shape index (κ1) is 12.3. The van der Waals surface area contributed by atoms with Gasteiger partial charge in [0.2, 0.25) is 0 Å². The molecule has 0 saturated heterocycles. The molecule has 1 aromatic rings. The van der Waals surface area contributed by atoms with Crippen molar-refractivity contribution in [3.8, 4) is 0 Å². The van der Waals surface area contributed by atoms with E-state index in [0.717, 1.165) is 5.69 Å². The number of hydrogen-bond donors (Lipinski definition) is 0. The van der Waals surface area contributed by atoms with Crippen LogP contribution in [0.4, 0.5) is 11.4 Å². The van der Waals surface area contributed by atoms with Gasteiger partial charge >= 0.3 is 0 Å². The summed E-state index contributed by atoms with van der Waals surface area (Å²) >= 11 is 12.0. The lowest BCUT2D eigenvalue weighted by molar-refractivity contribution is 0.770. The maximum atomic E-state index is 10.2. The average Bonchev–Trinajstić information content (AvgIpc) is 2.18. The topological polar surface area (TPSA) is 32.7 Å². The van der Waals surface area contributed by atoms with Crippen LogP contribution >= 0.6 is 23.2 Å². The van der Waals surface area contributed by atoms with E-state index in [9.17, 15) is 4.91 Å². The molecule has 3 nitrogen and oxygen atoms in total. The summed E-state index contributed by atoms with van der Waals surface area (Å²) in [5.74, 6) is 0. The predicted molar refractivity (Wildman–Crippen MR) is 65.0 cm³/mol. The van der Waals surface area contributed by atoms with Crippen LogP contribution in [-0.2, 0) is 0 Å². The molecule has 0 amide bonds. The fourth-order valence-corrected chi connectivity index (χ4v) is 2.00. The number of rotatable bonds is 4. The molecule has 0 N–H and O–H groups in total. The van der Waals surface area contributed by atoms with E-state index in [2.05, 4.69) is 5.18 Å². The van der Waals surface area contributed by atoms with Crippen LogP contribution in [0, 0.1) is 4.91 Å². The van der Waals surface area contributed by atoms with E-state index in [1.54, 1.807) is 24.3 Å². The van der Waals surface area contributed by atoms with Gasteiger partial charge in [0.15, 0.2) is 0 Å². The molecule has 2 atom stereocenters. The molecule has 1 rings (SSSR count). The molecule has 0 fully saturated rings. The first-order valence-corrected chi connectivity index (χ1v) is 5.43. The van der Waals surface area contributed by atoms with Crippen LogP contribution < -0.4 is 4.90 Å². The van der Waals surface area contributed by atoms with Gasteiger partial charge in [-0.05, 0) is 43.3 Å². The van der Waals surface area contributed by atoms with Crippen molar-refractivity contribution in [2.45, 2.75) is 24.8 Å². The summed E-state index contributed by atoms with van der Waals surface area (Å²) < 4.78 is 0.